The highest BCUT2D eigenvalue weighted by molar-refractivity contribution is 7.85. The topological polar surface area (TPSA) is 101 Å². The van der Waals surface area contributed by atoms with Crippen molar-refractivity contribution in [1.29, 1.82) is 0 Å². The lowest BCUT2D eigenvalue weighted by atomic mass is 10.0. The zero-order valence-electron chi connectivity index (χ0n) is 18.1. The van der Waals surface area contributed by atoms with E-state index in [-0.39, 0.29) is 10.6 Å². The van der Waals surface area contributed by atoms with Gasteiger partial charge in [-0.3, -0.25) is 4.55 Å². The zero-order chi connectivity index (χ0) is 22.2. The summed E-state index contributed by atoms with van der Waals surface area (Å²) in [7, 11) is -4.10. The molecular weight excluding hydrogens is 398 g/mol. The average Bonchev–Trinajstić information content (AvgIpc) is 2.72. The number of para-hydroxylation sites is 2. The van der Waals surface area contributed by atoms with E-state index in [1.54, 1.807) is 36.4 Å². The van der Waals surface area contributed by atoms with Crippen LogP contribution in [-0.2, 0) is 16.5 Å². The Hall–Kier alpha value is -2.05. The monoisotopic (exact) mass is 435 g/mol. The highest BCUT2D eigenvalue weighted by Crippen LogP contribution is 2.19. The van der Waals surface area contributed by atoms with Gasteiger partial charge < -0.3 is 10.8 Å². The van der Waals surface area contributed by atoms with E-state index in [2.05, 4.69) is 6.92 Å². The van der Waals surface area contributed by atoms with Gasteiger partial charge in [-0.05, 0) is 36.6 Å². The average molecular weight is 436 g/mol. The van der Waals surface area contributed by atoms with Crippen LogP contribution < -0.4 is 5.73 Å². The molecule has 0 spiro atoms. The van der Waals surface area contributed by atoms with E-state index in [4.69, 9.17) is 10.8 Å². The second kappa shape index (κ2) is 14.9. The maximum atomic E-state index is 11.3. The molecule has 0 heterocycles. The minimum atomic E-state index is -4.10. The van der Waals surface area contributed by atoms with E-state index in [0.29, 0.717) is 12.1 Å². The molecule has 2 aromatic rings. The molecule has 0 bridgehead atoms. The molecule has 0 saturated heterocycles. The Morgan fingerprint density at radius 3 is 1.77 bits per heavy atom. The lowest BCUT2D eigenvalue weighted by molar-refractivity contribution is 0.477. The normalized spacial score (nSPS) is 11.0. The minimum Gasteiger partial charge on any atom is -0.506 e. The molecule has 0 aliphatic carbocycles. The molecule has 0 atom stereocenters. The number of hydrogen-bond acceptors (Lipinski definition) is 4. The van der Waals surface area contributed by atoms with Crippen LogP contribution in [0.25, 0.3) is 0 Å². The van der Waals surface area contributed by atoms with Crippen molar-refractivity contribution in [3.05, 3.63) is 54.1 Å². The van der Waals surface area contributed by atoms with Crippen molar-refractivity contribution in [2.24, 2.45) is 0 Å². The van der Waals surface area contributed by atoms with E-state index in [1.165, 1.54) is 57.4 Å². The Kier molecular flexibility index (Phi) is 12.9. The molecule has 30 heavy (non-hydrogen) atoms. The highest BCUT2D eigenvalue weighted by atomic mass is 32.2. The molecule has 6 heteroatoms. The second-order valence-corrected chi connectivity index (χ2v) is 8.96. The summed E-state index contributed by atoms with van der Waals surface area (Å²) < 4.78 is 31.8. The van der Waals surface area contributed by atoms with Gasteiger partial charge in [0.05, 0.1) is 10.6 Å². The molecule has 0 radical (unpaired) electrons. The fourth-order valence-electron chi connectivity index (χ4n) is 3.25. The Morgan fingerprint density at radius 1 is 0.767 bits per heavy atom. The molecule has 0 fully saturated rings. The summed E-state index contributed by atoms with van der Waals surface area (Å²) in [5.41, 5.74) is 6.42. The first-order valence-corrected chi connectivity index (χ1v) is 12.4. The third-order valence-corrected chi connectivity index (χ3v) is 5.94. The summed E-state index contributed by atoms with van der Waals surface area (Å²) in [6, 6.07) is 13.4. The first-order chi connectivity index (χ1) is 14.4. The lowest BCUT2D eigenvalue weighted by Gasteiger charge is -2.07. The summed E-state index contributed by atoms with van der Waals surface area (Å²) in [6.45, 7) is 2.24. The summed E-state index contributed by atoms with van der Waals surface area (Å²) in [4.78, 5) is 0.0610. The Bertz CT molecular complexity index is 800. The van der Waals surface area contributed by atoms with Gasteiger partial charge in [-0.2, -0.15) is 8.42 Å². The van der Waals surface area contributed by atoms with Crippen LogP contribution >= 0.6 is 0 Å². The summed E-state index contributed by atoms with van der Waals surface area (Å²) in [5.74, 6) is 0.146. The largest absolute Gasteiger partial charge is 0.506 e. The van der Waals surface area contributed by atoms with Crippen LogP contribution in [0.4, 0.5) is 5.69 Å². The smallest absolute Gasteiger partial charge is 0.294 e. The van der Waals surface area contributed by atoms with Gasteiger partial charge in [0.2, 0.25) is 0 Å². The predicted molar refractivity (Wildman–Crippen MR) is 124 cm³/mol. The summed E-state index contributed by atoms with van der Waals surface area (Å²) >= 11 is 0. The first-order valence-electron chi connectivity index (χ1n) is 10.9. The minimum absolute atomic E-state index is 0.0610. The molecule has 0 amide bonds. The molecule has 2 aromatic carbocycles. The molecule has 0 unspecified atom stereocenters. The SMILES string of the molecule is CCCCCCCCCCCCc1ccccc1S(=O)(=O)O.Nc1ccccc1O. The fraction of sp³-hybridized carbons (Fsp3) is 0.500. The molecule has 2 rings (SSSR count). The van der Waals surface area contributed by atoms with Crippen LogP contribution in [0.5, 0.6) is 5.75 Å². The summed E-state index contributed by atoms with van der Waals surface area (Å²) in [5, 5.41) is 8.79. The number of unbranched alkanes of at least 4 members (excludes halogenated alkanes) is 9. The third kappa shape index (κ3) is 11.2. The Labute approximate surface area is 182 Å². The molecule has 0 saturated carbocycles. The maximum absolute atomic E-state index is 11.3. The van der Waals surface area contributed by atoms with Gasteiger partial charge in [0.15, 0.2) is 0 Å². The molecule has 4 N–H and O–H groups in total. The van der Waals surface area contributed by atoms with Crippen molar-refractivity contribution in [2.75, 3.05) is 5.73 Å². The van der Waals surface area contributed by atoms with Crippen LogP contribution in [0.15, 0.2) is 53.4 Å². The molecule has 0 aliphatic rings. The molecule has 0 aromatic heterocycles. The number of aryl methyl sites for hydroxylation is 1. The van der Waals surface area contributed by atoms with Gasteiger partial charge in [0.1, 0.15) is 5.75 Å². The van der Waals surface area contributed by atoms with Crippen LogP contribution in [0.3, 0.4) is 0 Å². The number of phenols is 1. The number of rotatable bonds is 12. The molecular formula is C24H37NO4S. The van der Waals surface area contributed by atoms with E-state index >= 15 is 0 Å². The predicted octanol–water partition coefficient (Wildman–Crippen LogP) is 6.37. The summed E-state index contributed by atoms with van der Waals surface area (Å²) in [6.07, 6.45) is 13.3. The fourth-order valence-corrected chi connectivity index (χ4v) is 4.00. The maximum Gasteiger partial charge on any atom is 0.294 e. The van der Waals surface area contributed by atoms with E-state index in [0.717, 1.165) is 18.4 Å². The standard InChI is InChI=1S/C18H30O3S.C6H7NO/c1-2-3-4-5-6-7-8-9-10-11-14-17-15-12-13-16-18(17)22(19,20)21;7-5-3-1-2-4-6(5)8/h12-13,15-16H,2-11,14H2,1H3,(H,19,20,21);1-4,8H,7H2. The number of nitrogens with two attached hydrogens (primary N) is 1. The zero-order valence-corrected chi connectivity index (χ0v) is 18.9. The second-order valence-electron chi connectivity index (χ2n) is 7.57. The van der Waals surface area contributed by atoms with Crippen molar-refractivity contribution in [3.63, 3.8) is 0 Å². The number of phenolic OH excluding ortho intramolecular Hbond substituents is 1. The van der Waals surface area contributed by atoms with Crippen molar-refractivity contribution in [3.8, 4) is 5.75 Å². The number of benzene rings is 2. The van der Waals surface area contributed by atoms with Crippen molar-refractivity contribution in [2.45, 2.75) is 82.4 Å². The molecule has 0 aliphatic heterocycles. The van der Waals surface area contributed by atoms with Crippen LogP contribution in [0.2, 0.25) is 0 Å². The van der Waals surface area contributed by atoms with Crippen LogP contribution in [0, 0.1) is 0 Å². The number of nitrogen functional groups attached to an aromatic ring is 1. The van der Waals surface area contributed by atoms with Gasteiger partial charge in [0, 0.05) is 0 Å². The van der Waals surface area contributed by atoms with Gasteiger partial charge in [-0.25, -0.2) is 0 Å². The van der Waals surface area contributed by atoms with Gasteiger partial charge in [-0.15, -0.1) is 0 Å². The van der Waals surface area contributed by atoms with Crippen molar-refractivity contribution in [1.82, 2.24) is 0 Å². The molecule has 168 valence electrons. The van der Waals surface area contributed by atoms with Gasteiger partial charge in [0.25, 0.3) is 10.1 Å². The van der Waals surface area contributed by atoms with Crippen molar-refractivity contribution < 1.29 is 18.1 Å². The quantitative estimate of drug-likeness (QED) is 0.156. The van der Waals surface area contributed by atoms with E-state index in [1.807, 2.05) is 6.07 Å². The lowest BCUT2D eigenvalue weighted by Crippen LogP contribution is -2.03. The Morgan fingerprint density at radius 2 is 1.27 bits per heavy atom. The first kappa shape index (κ1) is 26.0. The molecule has 5 nitrogen and oxygen atoms in total. The third-order valence-electron chi connectivity index (χ3n) is 4.99. The van der Waals surface area contributed by atoms with Crippen molar-refractivity contribution >= 4 is 15.8 Å². The van der Waals surface area contributed by atoms with Gasteiger partial charge in [-0.1, -0.05) is 95.0 Å². The van der Waals surface area contributed by atoms with E-state index in [9.17, 15) is 13.0 Å². The highest BCUT2D eigenvalue weighted by Gasteiger charge is 2.13. The van der Waals surface area contributed by atoms with Crippen LogP contribution in [-0.4, -0.2) is 18.1 Å². The van der Waals surface area contributed by atoms with Crippen LogP contribution in [0.1, 0.15) is 76.7 Å². The number of hydrogen-bond donors (Lipinski definition) is 3. The van der Waals surface area contributed by atoms with Gasteiger partial charge >= 0.3 is 0 Å². The Balaban J connectivity index is 0.000000467. The van der Waals surface area contributed by atoms with E-state index < -0.39 is 10.1 Å². The number of anilines is 1. The number of aromatic hydroxyl groups is 1.